The van der Waals surface area contributed by atoms with Crippen molar-refractivity contribution < 1.29 is 29.2 Å². The SMILES string of the molecule is CC1COC(=O)O1.OCCOCCO. The van der Waals surface area contributed by atoms with Crippen LogP contribution in [0.15, 0.2) is 0 Å². The predicted molar refractivity (Wildman–Crippen MR) is 46.9 cm³/mol. The smallest absolute Gasteiger partial charge is 0.430 e. The van der Waals surface area contributed by atoms with Crippen molar-refractivity contribution >= 4 is 6.16 Å². The fraction of sp³-hybridized carbons (Fsp3) is 0.875. The molecule has 0 amide bonds. The Morgan fingerprint density at radius 1 is 1.43 bits per heavy atom. The Kier molecular flexibility index (Phi) is 8.20. The van der Waals surface area contributed by atoms with Gasteiger partial charge in [0, 0.05) is 0 Å². The van der Waals surface area contributed by atoms with Crippen LogP contribution in [-0.2, 0) is 14.2 Å². The Labute approximate surface area is 82.4 Å². The maximum absolute atomic E-state index is 10.0. The molecule has 1 unspecified atom stereocenters. The molecule has 1 aliphatic rings. The fourth-order valence-corrected chi connectivity index (χ4v) is 0.649. The van der Waals surface area contributed by atoms with Crippen molar-refractivity contribution in [2.45, 2.75) is 13.0 Å². The van der Waals surface area contributed by atoms with Crippen molar-refractivity contribution in [3.8, 4) is 0 Å². The summed E-state index contributed by atoms with van der Waals surface area (Å²) in [6.45, 7) is 2.88. The van der Waals surface area contributed by atoms with Gasteiger partial charge in [-0.25, -0.2) is 4.79 Å². The number of aliphatic hydroxyl groups is 2. The lowest BCUT2D eigenvalue weighted by atomic mass is 10.5. The number of cyclic esters (lactones) is 2. The molecule has 14 heavy (non-hydrogen) atoms. The second-order valence-corrected chi connectivity index (χ2v) is 2.55. The number of hydrogen-bond donors (Lipinski definition) is 2. The van der Waals surface area contributed by atoms with Gasteiger partial charge in [-0.3, -0.25) is 0 Å². The molecule has 1 atom stereocenters. The Balaban J connectivity index is 0.000000241. The highest BCUT2D eigenvalue weighted by Crippen LogP contribution is 2.02. The largest absolute Gasteiger partial charge is 0.508 e. The molecule has 1 aliphatic heterocycles. The van der Waals surface area contributed by atoms with Gasteiger partial charge in [0.1, 0.15) is 12.7 Å². The minimum absolute atomic E-state index is 0.0278. The average Bonchev–Trinajstić information content (AvgIpc) is 2.52. The van der Waals surface area contributed by atoms with Gasteiger partial charge in [-0.15, -0.1) is 0 Å². The highest BCUT2D eigenvalue weighted by atomic mass is 16.8. The highest BCUT2D eigenvalue weighted by molar-refractivity contribution is 5.61. The van der Waals surface area contributed by atoms with Crippen molar-refractivity contribution in [1.82, 2.24) is 0 Å². The zero-order valence-electron chi connectivity index (χ0n) is 8.14. The van der Waals surface area contributed by atoms with Crippen LogP contribution in [0.5, 0.6) is 0 Å². The molecule has 0 aliphatic carbocycles. The van der Waals surface area contributed by atoms with Gasteiger partial charge >= 0.3 is 6.16 Å². The van der Waals surface area contributed by atoms with E-state index in [0.717, 1.165) is 0 Å². The maximum atomic E-state index is 10.0. The molecule has 0 aromatic rings. The summed E-state index contributed by atoms with van der Waals surface area (Å²) in [5.41, 5.74) is 0. The van der Waals surface area contributed by atoms with Gasteiger partial charge in [0.15, 0.2) is 0 Å². The Hall–Kier alpha value is -0.850. The molecule has 0 aromatic heterocycles. The first-order valence-corrected chi connectivity index (χ1v) is 4.33. The molecule has 1 heterocycles. The first kappa shape index (κ1) is 13.2. The number of carbonyl (C=O) groups excluding carboxylic acids is 1. The zero-order chi connectivity index (χ0) is 10.8. The first-order chi connectivity index (χ1) is 6.70. The summed E-state index contributed by atoms with van der Waals surface area (Å²) in [5, 5.41) is 16.2. The average molecular weight is 208 g/mol. The topological polar surface area (TPSA) is 85.2 Å². The standard InChI is InChI=1S/C4H6O3.C4H10O3/c1-3-2-6-4(5)7-3;5-1-3-7-4-2-6/h3H,2H2,1H3;5-6H,1-4H2. The van der Waals surface area contributed by atoms with Crippen molar-refractivity contribution in [2.75, 3.05) is 33.0 Å². The molecule has 1 rings (SSSR count). The van der Waals surface area contributed by atoms with E-state index in [1.165, 1.54) is 0 Å². The minimum Gasteiger partial charge on any atom is -0.430 e. The lowest BCUT2D eigenvalue weighted by Crippen LogP contribution is -2.03. The first-order valence-electron chi connectivity index (χ1n) is 4.33. The van der Waals surface area contributed by atoms with Crippen LogP contribution in [0, 0.1) is 0 Å². The van der Waals surface area contributed by atoms with Crippen LogP contribution in [0.3, 0.4) is 0 Å². The van der Waals surface area contributed by atoms with Gasteiger partial charge in [-0.1, -0.05) is 0 Å². The van der Waals surface area contributed by atoms with E-state index in [1.807, 2.05) is 0 Å². The van der Waals surface area contributed by atoms with E-state index >= 15 is 0 Å². The second kappa shape index (κ2) is 8.74. The molecule has 84 valence electrons. The van der Waals surface area contributed by atoms with E-state index in [2.05, 4.69) is 14.2 Å². The summed E-state index contributed by atoms with van der Waals surface area (Å²) in [7, 11) is 0. The molecule has 0 radical (unpaired) electrons. The molecule has 6 nitrogen and oxygen atoms in total. The third-order valence-corrected chi connectivity index (χ3v) is 1.20. The summed E-state index contributed by atoms with van der Waals surface area (Å²) in [4.78, 5) is 10.0. The fourth-order valence-electron chi connectivity index (χ4n) is 0.649. The van der Waals surface area contributed by atoms with Crippen LogP contribution in [-0.4, -0.2) is 55.5 Å². The van der Waals surface area contributed by atoms with Crippen LogP contribution in [0.2, 0.25) is 0 Å². The van der Waals surface area contributed by atoms with Gasteiger partial charge in [-0.05, 0) is 6.92 Å². The van der Waals surface area contributed by atoms with Gasteiger partial charge < -0.3 is 24.4 Å². The van der Waals surface area contributed by atoms with Gasteiger partial charge in [0.05, 0.1) is 26.4 Å². The molecule has 6 heteroatoms. The Morgan fingerprint density at radius 2 is 2.00 bits per heavy atom. The van der Waals surface area contributed by atoms with E-state index < -0.39 is 6.16 Å². The third kappa shape index (κ3) is 7.78. The van der Waals surface area contributed by atoms with E-state index in [4.69, 9.17) is 10.2 Å². The second-order valence-electron chi connectivity index (χ2n) is 2.55. The van der Waals surface area contributed by atoms with E-state index in [0.29, 0.717) is 19.8 Å². The number of ether oxygens (including phenoxy) is 3. The van der Waals surface area contributed by atoms with Crippen LogP contribution >= 0.6 is 0 Å². The van der Waals surface area contributed by atoms with Crippen molar-refractivity contribution in [3.05, 3.63) is 0 Å². The molecule has 0 saturated carbocycles. The number of carbonyl (C=O) groups is 1. The molecule has 0 aromatic carbocycles. The summed E-state index contributed by atoms with van der Waals surface area (Å²) in [6, 6.07) is 0. The quantitative estimate of drug-likeness (QED) is 0.480. The molecule has 1 fully saturated rings. The monoisotopic (exact) mass is 208 g/mol. The van der Waals surface area contributed by atoms with Crippen LogP contribution in [0.4, 0.5) is 4.79 Å². The van der Waals surface area contributed by atoms with Gasteiger partial charge in [0.2, 0.25) is 0 Å². The highest BCUT2D eigenvalue weighted by Gasteiger charge is 2.19. The van der Waals surface area contributed by atoms with Crippen LogP contribution in [0.1, 0.15) is 6.92 Å². The van der Waals surface area contributed by atoms with Crippen LogP contribution < -0.4 is 0 Å². The van der Waals surface area contributed by atoms with E-state index in [-0.39, 0.29) is 19.3 Å². The minimum atomic E-state index is -0.549. The van der Waals surface area contributed by atoms with Gasteiger partial charge in [-0.2, -0.15) is 0 Å². The molecular formula is C8H16O6. The van der Waals surface area contributed by atoms with Crippen molar-refractivity contribution in [1.29, 1.82) is 0 Å². The van der Waals surface area contributed by atoms with Gasteiger partial charge in [0.25, 0.3) is 0 Å². The lowest BCUT2D eigenvalue weighted by Gasteiger charge is -1.94. The summed E-state index contributed by atoms with van der Waals surface area (Å²) >= 11 is 0. The summed E-state index contributed by atoms with van der Waals surface area (Å²) in [5.74, 6) is 0. The molecule has 1 saturated heterocycles. The van der Waals surface area contributed by atoms with E-state index in [1.54, 1.807) is 6.92 Å². The normalized spacial score (nSPS) is 19.4. The summed E-state index contributed by atoms with van der Waals surface area (Å²) in [6.07, 6.45) is -0.597. The number of aliphatic hydroxyl groups excluding tert-OH is 2. The summed E-state index contributed by atoms with van der Waals surface area (Å²) < 4.78 is 13.5. The molecule has 0 spiro atoms. The molecule has 0 bridgehead atoms. The predicted octanol–water partition coefficient (Wildman–Crippen LogP) is -0.471. The Bertz CT molecular complexity index is 145. The van der Waals surface area contributed by atoms with Crippen molar-refractivity contribution in [3.63, 3.8) is 0 Å². The van der Waals surface area contributed by atoms with E-state index in [9.17, 15) is 4.79 Å². The lowest BCUT2D eigenvalue weighted by molar-refractivity contribution is 0.0650. The Morgan fingerprint density at radius 3 is 2.21 bits per heavy atom. The molecular weight excluding hydrogens is 192 g/mol. The van der Waals surface area contributed by atoms with Crippen LogP contribution in [0.25, 0.3) is 0 Å². The number of hydrogen-bond acceptors (Lipinski definition) is 6. The number of rotatable bonds is 4. The maximum Gasteiger partial charge on any atom is 0.508 e. The molecule has 2 N–H and O–H groups in total. The zero-order valence-corrected chi connectivity index (χ0v) is 8.14. The third-order valence-electron chi connectivity index (χ3n) is 1.20. The van der Waals surface area contributed by atoms with Crippen molar-refractivity contribution in [2.24, 2.45) is 0 Å².